The molecule has 0 aromatic carbocycles. The van der Waals surface area contributed by atoms with Crippen LogP contribution in [0.25, 0.3) is 0 Å². The van der Waals surface area contributed by atoms with Gasteiger partial charge < -0.3 is 0 Å². The van der Waals surface area contributed by atoms with Gasteiger partial charge in [-0.05, 0) is 0 Å². The maximum absolute atomic E-state index is 0. The van der Waals surface area contributed by atoms with Gasteiger partial charge in [-0.25, -0.2) is 0 Å². The average molecular weight is 243 g/mol. The van der Waals surface area contributed by atoms with Crippen LogP contribution in [-0.4, -0.2) is 40.4 Å². The van der Waals surface area contributed by atoms with Crippen molar-refractivity contribution in [1.82, 2.24) is 0 Å². The standard InChI is InChI=1S/Al.La.Mg.Ti.5H. The fourth-order valence-electron chi connectivity index (χ4n) is 0. The Hall–Kier alpha value is 3.21. The second-order valence-corrected chi connectivity index (χ2v) is 0. The summed E-state index contributed by atoms with van der Waals surface area (Å²) >= 11 is 0. The van der Waals surface area contributed by atoms with E-state index in [0.29, 0.717) is 0 Å². The van der Waals surface area contributed by atoms with Crippen LogP contribution in [0.4, 0.5) is 0 Å². The third-order valence-corrected chi connectivity index (χ3v) is 0. The van der Waals surface area contributed by atoms with Gasteiger partial charge in [-0.15, -0.1) is 0 Å². The fraction of sp³-hybridized carbons (Fsp3) is 0. The van der Waals surface area contributed by atoms with Crippen molar-refractivity contribution in [3.05, 3.63) is 0 Å². The van der Waals surface area contributed by atoms with Gasteiger partial charge >= 0.3 is 23.1 Å². The van der Waals surface area contributed by atoms with E-state index < -0.39 is 0 Å². The largest absolute Gasteiger partial charge is 0.316 e. The van der Waals surface area contributed by atoms with E-state index >= 15 is 0 Å². The summed E-state index contributed by atoms with van der Waals surface area (Å²) in [6.45, 7) is 0. The molecule has 0 aliphatic carbocycles. The van der Waals surface area contributed by atoms with Crippen LogP contribution in [0.15, 0.2) is 0 Å². The molecule has 0 N–H and O–H groups in total. The maximum atomic E-state index is 0. The molecule has 0 unspecified atom stereocenters. The van der Waals surface area contributed by atoms with Gasteiger partial charge in [0.25, 0.3) is 0 Å². The molecule has 0 amide bonds. The zero-order valence-electron chi connectivity index (χ0n) is 1.08. The minimum atomic E-state index is 0. The Morgan fingerprint density at radius 1 is 1.00 bits per heavy atom. The molecule has 0 heterocycles. The zero-order valence-corrected chi connectivity index (χ0v) is 6.26. The topological polar surface area (TPSA) is 0 Å². The molecule has 0 rings (SSSR count). The molecule has 0 nitrogen and oxygen atoms in total. The Morgan fingerprint density at radius 3 is 1.00 bits per heavy atom. The van der Waals surface area contributed by atoms with Gasteiger partial charge in [0.1, 0.15) is 0 Å². The van der Waals surface area contributed by atoms with Gasteiger partial charge in [0.05, 0.1) is 0 Å². The van der Waals surface area contributed by atoms with E-state index in [-0.39, 0.29) is 97.7 Å². The molecular weight excluding hydrogens is 238 g/mol. The molecule has 0 aromatic heterocycles. The average Bonchev–Trinajstić information content (AvgIpc) is 0. The Kier molecular flexibility index (Phi) is 110. The van der Waals surface area contributed by atoms with Gasteiger partial charge in [-0.2, -0.15) is 0 Å². The first kappa shape index (κ1) is 27.0. The van der Waals surface area contributed by atoms with Crippen molar-refractivity contribution in [2.75, 3.05) is 0 Å². The smallest absolute Gasteiger partial charge is 0 e. The Labute approximate surface area is 95.6 Å². The van der Waals surface area contributed by atoms with Crippen LogP contribution >= 0.6 is 0 Å². The normalized spacial score (nSPS) is 0. The Balaban J connectivity index is 0. The molecule has 0 saturated carbocycles. The first-order valence-electron chi connectivity index (χ1n) is 0. The molecule has 4 heteroatoms. The van der Waals surface area contributed by atoms with Crippen molar-refractivity contribution in [1.29, 1.82) is 0 Å². The van der Waals surface area contributed by atoms with Crippen molar-refractivity contribution in [3.63, 3.8) is 0 Å². The molecule has 0 aliphatic rings. The predicted octanol–water partition coefficient (Wildman–Crippen LogP) is -2.10. The van der Waals surface area contributed by atoms with Gasteiger partial charge in [0.15, 0.2) is 17.4 Å². The number of hydrogen-bond donors (Lipinski definition) is 0. The summed E-state index contributed by atoms with van der Waals surface area (Å²) in [7, 11) is 0. The van der Waals surface area contributed by atoms with Gasteiger partial charge in [-0.3, -0.25) is 0 Å². The number of rotatable bonds is 0. The fourth-order valence-corrected chi connectivity index (χ4v) is 0. The molecule has 0 aliphatic heterocycles. The van der Waals surface area contributed by atoms with Crippen molar-refractivity contribution in [2.24, 2.45) is 0 Å². The molecule has 0 bridgehead atoms. The summed E-state index contributed by atoms with van der Waals surface area (Å²) in [5.41, 5.74) is 0. The van der Waals surface area contributed by atoms with Crippen LogP contribution in [0.2, 0.25) is 0 Å². The van der Waals surface area contributed by atoms with Crippen molar-refractivity contribution in [3.8, 4) is 0 Å². The van der Waals surface area contributed by atoms with E-state index in [9.17, 15) is 0 Å². The molecule has 0 fully saturated rings. The zero-order chi connectivity index (χ0) is 0. The van der Waals surface area contributed by atoms with Crippen LogP contribution in [0.1, 0.15) is 0 Å². The van der Waals surface area contributed by atoms with E-state index in [1.807, 2.05) is 0 Å². The second kappa shape index (κ2) is 16.4. The minimum absolute atomic E-state index is 0. The van der Waals surface area contributed by atoms with E-state index in [4.69, 9.17) is 0 Å². The van der Waals surface area contributed by atoms with E-state index in [2.05, 4.69) is 0 Å². The summed E-state index contributed by atoms with van der Waals surface area (Å²) in [6.07, 6.45) is 0. The van der Waals surface area contributed by atoms with E-state index in [1.165, 1.54) is 0 Å². The quantitative estimate of drug-likeness (QED) is 0.427. The summed E-state index contributed by atoms with van der Waals surface area (Å²) in [4.78, 5) is 0. The van der Waals surface area contributed by atoms with Gasteiger partial charge in [-0.1, -0.05) is 0 Å². The second-order valence-electron chi connectivity index (χ2n) is 0. The SMILES string of the molecule is [AlH3].[La].[MgH2].[Ti]. The molecule has 4 heavy (non-hydrogen) atoms. The van der Waals surface area contributed by atoms with E-state index in [1.54, 1.807) is 0 Å². The summed E-state index contributed by atoms with van der Waals surface area (Å²) < 4.78 is 0. The van der Waals surface area contributed by atoms with Gasteiger partial charge in [0, 0.05) is 57.3 Å². The Bertz CT molecular complexity index is 8.00. The van der Waals surface area contributed by atoms with Crippen LogP contribution in [0.5, 0.6) is 0 Å². The minimum Gasteiger partial charge on any atom is 0 e. The maximum Gasteiger partial charge on any atom is 0.316 e. The third-order valence-electron chi connectivity index (χ3n) is 0. The monoisotopic (exact) mass is 243 g/mol. The predicted molar refractivity (Wildman–Crippen MR) is 18.5 cm³/mol. The van der Waals surface area contributed by atoms with E-state index in [0.717, 1.165) is 0 Å². The molecule has 0 spiro atoms. The van der Waals surface area contributed by atoms with Crippen molar-refractivity contribution < 1.29 is 57.3 Å². The van der Waals surface area contributed by atoms with Crippen LogP contribution < -0.4 is 0 Å². The molecule has 0 atom stereocenters. The van der Waals surface area contributed by atoms with Crippen LogP contribution in [0, 0.1) is 35.6 Å². The summed E-state index contributed by atoms with van der Waals surface area (Å²) in [6, 6.07) is 0. The first-order chi connectivity index (χ1) is 0. The van der Waals surface area contributed by atoms with Crippen LogP contribution in [-0.2, 0) is 21.7 Å². The van der Waals surface area contributed by atoms with Crippen molar-refractivity contribution in [2.45, 2.75) is 0 Å². The molecule has 1 radical (unpaired) electrons. The van der Waals surface area contributed by atoms with Crippen molar-refractivity contribution >= 4 is 40.4 Å². The van der Waals surface area contributed by atoms with Gasteiger partial charge in [0.2, 0.25) is 0 Å². The number of hydrogen-bond acceptors (Lipinski definition) is 0. The molecule has 0 aromatic rings. The summed E-state index contributed by atoms with van der Waals surface area (Å²) in [5, 5.41) is 0. The third kappa shape index (κ3) is 8.96. The van der Waals surface area contributed by atoms with Crippen LogP contribution in [0.3, 0.4) is 0 Å². The molecule has 0 saturated heterocycles. The molecular formula is H5AlLaMgTi. The summed E-state index contributed by atoms with van der Waals surface area (Å²) in [5.74, 6) is 0. The first-order valence-corrected chi connectivity index (χ1v) is 0. The molecule has 17 valence electrons. The Morgan fingerprint density at radius 2 is 1.00 bits per heavy atom.